The van der Waals surface area contributed by atoms with Crippen molar-refractivity contribution in [3.05, 3.63) is 29.6 Å². The standard InChI is InChI=1S/C13H16FNO4S/c1-8(6-9-2-3-9)15-20(18,19)12-7-10(13(16)17)4-5-11(12)14/h4-5,7-9,15H,2-3,6H2,1H3,(H,16,17). The highest BCUT2D eigenvalue weighted by Gasteiger charge is 2.27. The number of hydrogen-bond acceptors (Lipinski definition) is 3. The Morgan fingerprint density at radius 3 is 2.70 bits per heavy atom. The lowest BCUT2D eigenvalue weighted by atomic mass is 10.2. The number of aromatic carboxylic acids is 1. The summed E-state index contributed by atoms with van der Waals surface area (Å²) < 4.78 is 40.2. The van der Waals surface area contributed by atoms with Crippen LogP contribution in [-0.4, -0.2) is 25.5 Å². The third-order valence-corrected chi connectivity index (χ3v) is 4.81. The van der Waals surface area contributed by atoms with Gasteiger partial charge in [0.05, 0.1) is 5.56 Å². The zero-order valence-corrected chi connectivity index (χ0v) is 11.8. The van der Waals surface area contributed by atoms with Crippen LogP contribution in [0.25, 0.3) is 0 Å². The summed E-state index contributed by atoms with van der Waals surface area (Å²) in [6.07, 6.45) is 2.89. The Labute approximate surface area is 116 Å². The van der Waals surface area contributed by atoms with E-state index >= 15 is 0 Å². The Hall–Kier alpha value is -1.47. The highest BCUT2D eigenvalue weighted by atomic mass is 32.2. The average molecular weight is 301 g/mol. The van der Waals surface area contributed by atoms with Crippen LogP contribution in [0.2, 0.25) is 0 Å². The van der Waals surface area contributed by atoms with Gasteiger partial charge in [0.2, 0.25) is 10.0 Å². The first-order valence-electron chi connectivity index (χ1n) is 6.35. The zero-order valence-electron chi connectivity index (χ0n) is 11.0. The van der Waals surface area contributed by atoms with Crippen LogP contribution in [-0.2, 0) is 10.0 Å². The molecule has 0 radical (unpaired) electrons. The average Bonchev–Trinajstić information content (AvgIpc) is 3.11. The van der Waals surface area contributed by atoms with Gasteiger partial charge in [-0.1, -0.05) is 12.8 Å². The van der Waals surface area contributed by atoms with Crippen LogP contribution in [0, 0.1) is 11.7 Å². The second-order valence-corrected chi connectivity index (χ2v) is 6.83. The fourth-order valence-corrected chi connectivity index (χ4v) is 3.43. The van der Waals surface area contributed by atoms with E-state index in [0.717, 1.165) is 31.0 Å². The lowest BCUT2D eigenvalue weighted by Crippen LogP contribution is -2.33. The third kappa shape index (κ3) is 3.55. The second-order valence-electron chi connectivity index (χ2n) is 5.15. The molecule has 1 unspecified atom stereocenters. The normalized spacial score (nSPS) is 16.9. The lowest BCUT2D eigenvalue weighted by molar-refractivity contribution is 0.0696. The molecule has 2 N–H and O–H groups in total. The number of carboxylic acid groups (broad SMARTS) is 1. The molecule has 1 aliphatic rings. The van der Waals surface area contributed by atoms with E-state index in [0.29, 0.717) is 12.3 Å². The molecule has 1 aromatic rings. The molecule has 7 heteroatoms. The number of carboxylic acids is 1. The number of benzene rings is 1. The van der Waals surface area contributed by atoms with Crippen molar-refractivity contribution >= 4 is 16.0 Å². The van der Waals surface area contributed by atoms with E-state index in [-0.39, 0.29) is 11.6 Å². The zero-order chi connectivity index (χ0) is 14.9. The molecule has 5 nitrogen and oxygen atoms in total. The Morgan fingerprint density at radius 1 is 1.50 bits per heavy atom. The van der Waals surface area contributed by atoms with Crippen LogP contribution in [0.4, 0.5) is 4.39 Å². The van der Waals surface area contributed by atoms with E-state index in [1.54, 1.807) is 6.92 Å². The molecule has 2 rings (SSSR count). The van der Waals surface area contributed by atoms with Gasteiger partial charge in [-0.05, 0) is 37.5 Å². The first-order valence-corrected chi connectivity index (χ1v) is 7.83. The van der Waals surface area contributed by atoms with Crippen molar-refractivity contribution in [3.63, 3.8) is 0 Å². The minimum Gasteiger partial charge on any atom is -0.478 e. The molecule has 1 fully saturated rings. The number of rotatable bonds is 6. The van der Waals surface area contributed by atoms with Crippen LogP contribution in [0.3, 0.4) is 0 Å². The Bertz CT molecular complexity index is 625. The van der Waals surface area contributed by atoms with Crippen LogP contribution in [0.15, 0.2) is 23.1 Å². The molecule has 0 bridgehead atoms. The molecular weight excluding hydrogens is 285 g/mol. The maximum absolute atomic E-state index is 13.6. The quantitative estimate of drug-likeness (QED) is 0.841. The van der Waals surface area contributed by atoms with Gasteiger partial charge >= 0.3 is 5.97 Å². The molecule has 0 aromatic heterocycles. The molecule has 1 atom stereocenters. The Balaban J connectivity index is 2.23. The molecule has 1 aromatic carbocycles. The van der Waals surface area contributed by atoms with Gasteiger partial charge in [-0.15, -0.1) is 0 Å². The topological polar surface area (TPSA) is 83.5 Å². The predicted molar refractivity (Wildman–Crippen MR) is 70.5 cm³/mol. The van der Waals surface area contributed by atoms with Crippen molar-refractivity contribution in [3.8, 4) is 0 Å². The highest BCUT2D eigenvalue weighted by Crippen LogP contribution is 2.33. The molecule has 0 saturated heterocycles. The first-order chi connectivity index (χ1) is 9.29. The van der Waals surface area contributed by atoms with Gasteiger partial charge < -0.3 is 5.11 Å². The molecule has 0 amide bonds. The monoisotopic (exact) mass is 301 g/mol. The number of sulfonamides is 1. The lowest BCUT2D eigenvalue weighted by Gasteiger charge is -2.14. The largest absolute Gasteiger partial charge is 0.478 e. The Kier molecular flexibility index (Phi) is 4.10. The summed E-state index contributed by atoms with van der Waals surface area (Å²) in [5, 5.41) is 8.84. The minimum absolute atomic E-state index is 0.262. The first kappa shape index (κ1) is 14.9. The van der Waals surface area contributed by atoms with Crippen molar-refractivity contribution in [2.75, 3.05) is 0 Å². The van der Waals surface area contributed by atoms with Crippen molar-refractivity contribution in [2.24, 2.45) is 5.92 Å². The van der Waals surface area contributed by atoms with E-state index in [2.05, 4.69) is 4.72 Å². The van der Waals surface area contributed by atoms with E-state index in [9.17, 15) is 17.6 Å². The fourth-order valence-electron chi connectivity index (χ4n) is 2.07. The van der Waals surface area contributed by atoms with E-state index in [4.69, 9.17) is 5.11 Å². The number of hydrogen-bond donors (Lipinski definition) is 2. The van der Waals surface area contributed by atoms with Crippen LogP contribution in [0.5, 0.6) is 0 Å². The highest BCUT2D eigenvalue weighted by molar-refractivity contribution is 7.89. The van der Waals surface area contributed by atoms with E-state index in [1.165, 1.54) is 0 Å². The Morgan fingerprint density at radius 2 is 2.15 bits per heavy atom. The van der Waals surface area contributed by atoms with Gasteiger partial charge in [-0.3, -0.25) is 0 Å². The minimum atomic E-state index is -4.05. The summed E-state index contributed by atoms with van der Waals surface area (Å²) in [6.45, 7) is 1.72. The fraction of sp³-hybridized carbons (Fsp3) is 0.462. The summed E-state index contributed by atoms with van der Waals surface area (Å²) in [6, 6.07) is 2.41. The number of carbonyl (C=O) groups is 1. The third-order valence-electron chi connectivity index (χ3n) is 3.21. The summed E-state index contributed by atoms with van der Waals surface area (Å²) in [5.41, 5.74) is -0.262. The maximum Gasteiger partial charge on any atom is 0.335 e. The smallest absolute Gasteiger partial charge is 0.335 e. The summed E-state index contributed by atoms with van der Waals surface area (Å²) in [7, 11) is -4.05. The van der Waals surface area contributed by atoms with Crippen LogP contribution < -0.4 is 4.72 Å². The van der Waals surface area contributed by atoms with Crippen LogP contribution in [0.1, 0.15) is 36.5 Å². The molecular formula is C13H16FNO4S. The van der Waals surface area contributed by atoms with Gasteiger partial charge in [0, 0.05) is 6.04 Å². The molecule has 0 heterocycles. The van der Waals surface area contributed by atoms with Crippen molar-refractivity contribution in [1.29, 1.82) is 0 Å². The van der Waals surface area contributed by atoms with Gasteiger partial charge in [-0.2, -0.15) is 0 Å². The summed E-state index contributed by atoms with van der Waals surface area (Å²) >= 11 is 0. The molecule has 0 spiro atoms. The molecule has 110 valence electrons. The molecule has 20 heavy (non-hydrogen) atoms. The van der Waals surface area contributed by atoms with E-state index in [1.807, 2.05) is 0 Å². The molecule has 1 saturated carbocycles. The number of halogens is 1. The second kappa shape index (κ2) is 5.49. The van der Waals surface area contributed by atoms with Gasteiger partial charge in [-0.25, -0.2) is 22.3 Å². The van der Waals surface area contributed by atoms with Crippen molar-refractivity contribution < 1.29 is 22.7 Å². The maximum atomic E-state index is 13.6. The predicted octanol–water partition coefficient (Wildman–Crippen LogP) is 1.99. The van der Waals surface area contributed by atoms with Gasteiger partial charge in [0.15, 0.2) is 0 Å². The van der Waals surface area contributed by atoms with Crippen molar-refractivity contribution in [1.82, 2.24) is 4.72 Å². The van der Waals surface area contributed by atoms with E-state index < -0.39 is 26.7 Å². The van der Waals surface area contributed by atoms with Gasteiger partial charge in [0.1, 0.15) is 10.7 Å². The van der Waals surface area contributed by atoms with Crippen LogP contribution >= 0.6 is 0 Å². The molecule has 1 aliphatic carbocycles. The summed E-state index contributed by atoms with van der Waals surface area (Å²) in [5.74, 6) is -1.73. The van der Waals surface area contributed by atoms with Crippen molar-refractivity contribution in [2.45, 2.75) is 37.1 Å². The van der Waals surface area contributed by atoms with Gasteiger partial charge in [0.25, 0.3) is 0 Å². The number of nitrogens with one attached hydrogen (secondary N) is 1. The molecule has 0 aliphatic heterocycles. The summed E-state index contributed by atoms with van der Waals surface area (Å²) in [4.78, 5) is 10.2. The SMILES string of the molecule is CC(CC1CC1)NS(=O)(=O)c1cc(C(=O)O)ccc1F.